The van der Waals surface area contributed by atoms with E-state index < -0.39 is 5.60 Å². The molecule has 0 saturated carbocycles. The lowest BCUT2D eigenvalue weighted by Gasteiger charge is -2.33. The molecule has 1 aliphatic rings. The molecule has 160 valence electrons. The molecular weight excluding hydrogens is 487 g/mol. The summed E-state index contributed by atoms with van der Waals surface area (Å²) in [6.45, 7) is 11.8. The Balaban J connectivity index is 0.00000392. The van der Waals surface area contributed by atoms with Crippen LogP contribution in [0.2, 0.25) is 0 Å². The lowest BCUT2D eigenvalue weighted by molar-refractivity contribution is 0.0187. The molecule has 0 spiro atoms. The van der Waals surface area contributed by atoms with E-state index in [1.165, 1.54) is 4.88 Å². The van der Waals surface area contributed by atoms with E-state index in [1.807, 2.05) is 25.7 Å². The maximum Gasteiger partial charge on any atom is 0.410 e. The van der Waals surface area contributed by atoms with Gasteiger partial charge in [0.2, 0.25) is 0 Å². The molecule has 2 heterocycles. The van der Waals surface area contributed by atoms with Crippen LogP contribution in [0.25, 0.3) is 0 Å². The van der Waals surface area contributed by atoms with Crippen LogP contribution in [0.15, 0.2) is 22.5 Å². The third kappa shape index (κ3) is 9.45. The summed E-state index contributed by atoms with van der Waals surface area (Å²) in [5.41, 5.74) is -0.437. The van der Waals surface area contributed by atoms with E-state index >= 15 is 0 Å². The highest BCUT2D eigenvalue weighted by Gasteiger charge is 2.26. The molecule has 1 aliphatic heterocycles. The van der Waals surface area contributed by atoms with E-state index in [4.69, 9.17) is 9.73 Å². The second-order valence-electron chi connectivity index (χ2n) is 7.89. The smallest absolute Gasteiger partial charge is 0.410 e. The number of carbonyl (C=O) groups excluding carboxylic acids is 1. The van der Waals surface area contributed by atoms with Gasteiger partial charge in [-0.25, -0.2) is 4.79 Å². The molecule has 0 atom stereocenters. The molecule has 1 amide bonds. The summed E-state index contributed by atoms with van der Waals surface area (Å²) in [5, 5.41) is 8.83. The van der Waals surface area contributed by atoms with Crippen molar-refractivity contribution in [2.24, 2.45) is 10.9 Å². The number of hydrogen-bond donors (Lipinski definition) is 2. The number of rotatable bonds is 6. The summed E-state index contributed by atoms with van der Waals surface area (Å²) in [6, 6.07) is 4.25. The minimum atomic E-state index is -0.437. The summed E-state index contributed by atoms with van der Waals surface area (Å²) in [6.07, 6.45) is 2.75. The van der Waals surface area contributed by atoms with Gasteiger partial charge in [-0.15, -0.1) is 35.3 Å². The Bertz CT molecular complexity index is 594. The standard InChI is InChI=1S/C20H34N4O2S.HI/c1-5-21-18(22-11-8-17-7-6-14-27-17)23-15-16-9-12-24(13-10-16)19(25)26-20(2,3)4;/h6-7,14,16H,5,8-13,15H2,1-4H3,(H2,21,22,23);1H. The van der Waals surface area contributed by atoms with Crippen LogP contribution >= 0.6 is 35.3 Å². The third-order valence-corrected chi connectivity index (χ3v) is 5.30. The topological polar surface area (TPSA) is 66.0 Å². The van der Waals surface area contributed by atoms with Crippen LogP contribution in [0.3, 0.4) is 0 Å². The molecule has 8 heteroatoms. The van der Waals surface area contributed by atoms with Crippen molar-refractivity contribution in [3.8, 4) is 0 Å². The zero-order chi connectivity index (χ0) is 19.7. The van der Waals surface area contributed by atoms with Gasteiger partial charge >= 0.3 is 6.09 Å². The lowest BCUT2D eigenvalue weighted by Crippen LogP contribution is -2.42. The second-order valence-corrected chi connectivity index (χ2v) is 8.92. The summed E-state index contributed by atoms with van der Waals surface area (Å²) in [5.74, 6) is 1.39. The number of nitrogens with zero attached hydrogens (tertiary/aromatic N) is 2. The predicted octanol–water partition coefficient (Wildman–Crippen LogP) is 4.11. The van der Waals surface area contributed by atoms with Crippen molar-refractivity contribution in [3.63, 3.8) is 0 Å². The minimum Gasteiger partial charge on any atom is -0.444 e. The first-order chi connectivity index (χ1) is 12.9. The molecule has 1 fully saturated rings. The molecule has 2 N–H and O–H groups in total. The molecule has 2 rings (SSSR count). The number of nitrogens with one attached hydrogen (secondary N) is 2. The van der Waals surface area contributed by atoms with Crippen LogP contribution in [0.5, 0.6) is 0 Å². The van der Waals surface area contributed by atoms with Gasteiger partial charge < -0.3 is 20.3 Å². The number of amides is 1. The normalized spacial score (nSPS) is 15.7. The van der Waals surface area contributed by atoms with Crippen molar-refractivity contribution < 1.29 is 9.53 Å². The largest absolute Gasteiger partial charge is 0.444 e. The molecule has 28 heavy (non-hydrogen) atoms. The van der Waals surface area contributed by atoms with Crippen LogP contribution in [0.1, 0.15) is 45.4 Å². The average Bonchev–Trinajstić information content (AvgIpc) is 3.12. The first kappa shape index (κ1) is 25.0. The first-order valence-electron chi connectivity index (χ1n) is 9.90. The Kier molecular flexibility index (Phi) is 11.2. The fourth-order valence-corrected chi connectivity index (χ4v) is 3.65. The Morgan fingerprint density at radius 2 is 2.04 bits per heavy atom. The fourth-order valence-electron chi connectivity index (χ4n) is 2.95. The minimum absolute atomic E-state index is 0. The Hall–Kier alpha value is -1.03. The number of likely N-dealkylation sites (tertiary alicyclic amines) is 1. The lowest BCUT2D eigenvalue weighted by atomic mass is 9.97. The van der Waals surface area contributed by atoms with Gasteiger partial charge in [-0.1, -0.05) is 6.07 Å². The summed E-state index contributed by atoms with van der Waals surface area (Å²) < 4.78 is 5.46. The van der Waals surface area contributed by atoms with Crippen LogP contribution in [0, 0.1) is 5.92 Å². The number of thiophene rings is 1. The van der Waals surface area contributed by atoms with Gasteiger partial charge in [0.05, 0.1) is 0 Å². The third-order valence-electron chi connectivity index (χ3n) is 4.36. The highest BCUT2D eigenvalue weighted by Crippen LogP contribution is 2.20. The van der Waals surface area contributed by atoms with Gasteiger partial charge in [0, 0.05) is 37.6 Å². The number of ether oxygens (including phenoxy) is 1. The SMILES string of the molecule is CCNC(=NCC1CCN(C(=O)OC(C)(C)C)CC1)NCCc1cccs1.I. The highest BCUT2D eigenvalue weighted by molar-refractivity contribution is 14.0. The van der Waals surface area contributed by atoms with Crippen molar-refractivity contribution >= 4 is 47.4 Å². The molecule has 0 aromatic carbocycles. The first-order valence-corrected chi connectivity index (χ1v) is 10.8. The molecule has 0 aliphatic carbocycles. The molecule has 0 bridgehead atoms. The van der Waals surface area contributed by atoms with Crippen LogP contribution in [0.4, 0.5) is 4.79 Å². The zero-order valence-electron chi connectivity index (χ0n) is 17.5. The van der Waals surface area contributed by atoms with Gasteiger partial charge in [-0.2, -0.15) is 0 Å². The van der Waals surface area contributed by atoms with E-state index in [2.05, 4.69) is 35.1 Å². The number of piperidine rings is 1. The Morgan fingerprint density at radius 1 is 1.32 bits per heavy atom. The van der Waals surface area contributed by atoms with Crippen LogP contribution in [-0.2, 0) is 11.2 Å². The predicted molar refractivity (Wildman–Crippen MR) is 128 cm³/mol. The van der Waals surface area contributed by atoms with Crippen molar-refractivity contribution in [1.29, 1.82) is 0 Å². The van der Waals surface area contributed by atoms with Crippen LogP contribution < -0.4 is 10.6 Å². The number of halogens is 1. The van der Waals surface area contributed by atoms with Gasteiger partial charge in [0.25, 0.3) is 0 Å². The van der Waals surface area contributed by atoms with Crippen LogP contribution in [-0.4, -0.2) is 55.3 Å². The highest BCUT2D eigenvalue weighted by atomic mass is 127. The van der Waals surface area contributed by atoms with Gasteiger partial charge in [-0.3, -0.25) is 4.99 Å². The van der Waals surface area contributed by atoms with E-state index in [0.29, 0.717) is 5.92 Å². The quantitative estimate of drug-likeness (QED) is 0.335. The Morgan fingerprint density at radius 3 is 2.61 bits per heavy atom. The number of carbonyl (C=O) groups is 1. The average molecular weight is 522 g/mol. The Labute approximate surface area is 190 Å². The molecule has 0 radical (unpaired) electrons. The number of hydrogen-bond acceptors (Lipinski definition) is 4. The van der Waals surface area contributed by atoms with Crippen molar-refractivity contribution in [2.75, 3.05) is 32.7 Å². The molecule has 1 aromatic rings. The summed E-state index contributed by atoms with van der Waals surface area (Å²) in [4.78, 5) is 20.1. The van der Waals surface area contributed by atoms with Crippen molar-refractivity contribution in [1.82, 2.24) is 15.5 Å². The van der Waals surface area contributed by atoms with E-state index in [9.17, 15) is 4.79 Å². The maximum absolute atomic E-state index is 12.1. The summed E-state index contributed by atoms with van der Waals surface area (Å²) >= 11 is 1.79. The molecule has 1 saturated heterocycles. The van der Waals surface area contributed by atoms with Crippen molar-refractivity contribution in [3.05, 3.63) is 22.4 Å². The fraction of sp³-hybridized carbons (Fsp3) is 0.700. The van der Waals surface area contributed by atoms with Crippen molar-refractivity contribution in [2.45, 2.75) is 52.6 Å². The molecule has 0 unspecified atom stereocenters. The number of guanidine groups is 1. The molecule has 6 nitrogen and oxygen atoms in total. The summed E-state index contributed by atoms with van der Waals surface area (Å²) in [7, 11) is 0. The van der Waals surface area contributed by atoms with E-state index in [-0.39, 0.29) is 30.1 Å². The molecule has 1 aromatic heterocycles. The van der Waals surface area contributed by atoms with E-state index in [0.717, 1.165) is 57.9 Å². The number of aliphatic imine (C=N–C) groups is 1. The van der Waals surface area contributed by atoms with Gasteiger partial charge in [-0.05, 0) is 64.3 Å². The van der Waals surface area contributed by atoms with Gasteiger partial charge in [0.1, 0.15) is 5.60 Å². The monoisotopic (exact) mass is 522 g/mol. The van der Waals surface area contributed by atoms with Gasteiger partial charge in [0.15, 0.2) is 5.96 Å². The zero-order valence-corrected chi connectivity index (χ0v) is 20.6. The second kappa shape index (κ2) is 12.5. The maximum atomic E-state index is 12.1. The molecular formula is C20H35IN4O2S. The van der Waals surface area contributed by atoms with E-state index in [1.54, 1.807) is 11.3 Å².